The molecule has 0 bridgehead atoms. The summed E-state index contributed by atoms with van der Waals surface area (Å²) >= 11 is 0. The predicted molar refractivity (Wildman–Crippen MR) is 103 cm³/mol. The minimum absolute atomic E-state index is 0.0637. The van der Waals surface area contributed by atoms with Crippen LogP contribution >= 0.6 is 0 Å². The zero-order chi connectivity index (χ0) is 19.2. The molecule has 2 amide bonds. The van der Waals surface area contributed by atoms with Gasteiger partial charge in [-0.1, -0.05) is 12.1 Å². The van der Waals surface area contributed by atoms with Crippen molar-refractivity contribution in [2.75, 3.05) is 32.6 Å². The highest BCUT2D eigenvalue weighted by atomic mass is 16.5. The third kappa shape index (κ3) is 4.55. The molecule has 2 heterocycles. The Balaban J connectivity index is 1.54. The van der Waals surface area contributed by atoms with Gasteiger partial charge in [0.1, 0.15) is 11.6 Å². The molecule has 0 saturated carbocycles. The number of methoxy groups -OCH3 is 1. The fraction of sp³-hybridized carbons (Fsp3) is 0.350. The maximum absolute atomic E-state index is 12.5. The Hall–Kier alpha value is -3.09. The fourth-order valence-corrected chi connectivity index (χ4v) is 3.19. The van der Waals surface area contributed by atoms with Gasteiger partial charge in [0.25, 0.3) is 5.91 Å². The number of nitrogens with zero attached hydrogens (tertiary/aromatic N) is 2. The van der Waals surface area contributed by atoms with Gasteiger partial charge in [0.15, 0.2) is 0 Å². The number of nitrogens with one attached hydrogen (secondary N) is 2. The van der Waals surface area contributed by atoms with Crippen LogP contribution in [0.4, 0.5) is 5.82 Å². The molecule has 7 heteroatoms. The van der Waals surface area contributed by atoms with E-state index >= 15 is 0 Å². The zero-order valence-corrected chi connectivity index (χ0v) is 15.6. The summed E-state index contributed by atoms with van der Waals surface area (Å²) in [5.74, 6) is 1.18. The van der Waals surface area contributed by atoms with Crippen molar-refractivity contribution in [1.82, 2.24) is 15.2 Å². The number of carbonyl (C=O) groups excluding carboxylic acids is 2. The van der Waals surface area contributed by atoms with E-state index < -0.39 is 0 Å². The van der Waals surface area contributed by atoms with Gasteiger partial charge in [-0.05, 0) is 36.2 Å². The van der Waals surface area contributed by atoms with Crippen molar-refractivity contribution in [2.45, 2.75) is 18.9 Å². The third-order valence-electron chi connectivity index (χ3n) is 4.67. The highest BCUT2D eigenvalue weighted by Gasteiger charge is 2.30. The Bertz CT molecular complexity index is 807. The summed E-state index contributed by atoms with van der Waals surface area (Å²) in [5.41, 5.74) is 1.62. The van der Waals surface area contributed by atoms with Crippen molar-refractivity contribution in [2.24, 2.45) is 0 Å². The van der Waals surface area contributed by atoms with Crippen LogP contribution in [0, 0.1) is 0 Å². The van der Waals surface area contributed by atoms with E-state index in [2.05, 4.69) is 15.6 Å². The number of rotatable bonds is 7. The van der Waals surface area contributed by atoms with Crippen LogP contribution in [0.3, 0.4) is 0 Å². The van der Waals surface area contributed by atoms with Gasteiger partial charge in [-0.2, -0.15) is 0 Å². The van der Waals surface area contributed by atoms with E-state index in [-0.39, 0.29) is 17.9 Å². The Labute approximate surface area is 158 Å². The number of benzene rings is 1. The summed E-state index contributed by atoms with van der Waals surface area (Å²) in [6.45, 7) is 1.15. The lowest BCUT2D eigenvalue weighted by molar-refractivity contribution is -0.127. The lowest BCUT2D eigenvalue weighted by Crippen LogP contribution is -2.37. The van der Waals surface area contributed by atoms with E-state index in [0.29, 0.717) is 30.9 Å². The van der Waals surface area contributed by atoms with Crippen molar-refractivity contribution in [3.8, 4) is 5.75 Å². The molecule has 1 unspecified atom stereocenters. The normalized spacial score (nSPS) is 16.3. The summed E-state index contributed by atoms with van der Waals surface area (Å²) in [6.07, 6.45) is 2.72. The predicted octanol–water partition coefficient (Wildman–Crippen LogP) is 1.71. The number of carbonyl (C=O) groups is 2. The van der Waals surface area contributed by atoms with E-state index in [1.807, 2.05) is 24.3 Å². The molecule has 7 nitrogen and oxygen atoms in total. The molecule has 2 N–H and O–H groups in total. The number of ether oxygens (including phenoxy) is 1. The van der Waals surface area contributed by atoms with Crippen LogP contribution in [-0.4, -0.2) is 55.0 Å². The monoisotopic (exact) mass is 368 g/mol. The summed E-state index contributed by atoms with van der Waals surface area (Å²) in [4.78, 5) is 30.7. The summed E-state index contributed by atoms with van der Waals surface area (Å²) in [5, 5.41) is 5.85. The first kappa shape index (κ1) is 18.7. The number of aromatic nitrogens is 1. The van der Waals surface area contributed by atoms with Crippen molar-refractivity contribution in [1.29, 1.82) is 0 Å². The van der Waals surface area contributed by atoms with Crippen molar-refractivity contribution in [3.05, 3.63) is 53.7 Å². The van der Waals surface area contributed by atoms with Crippen LogP contribution in [0.5, 0.6) is 5.75 Å². The summed E-state index contributed by atoms with van der Waals surface area (Å²) in [7, 11) is 3.36. The molecular formula is C20H24N4O3. The minimum atomic E-state index is -0.220. The first-order valence-electron chi connectivity index (χ1n) is 8.95. The number of hydrogen-bond acceptors (Lipinski definition) is 5. The number of anilines is 1. The molecule has 142 valence electrons. The molecule has 1 aliphatic heterocycles. The number of pyridine rings is 1. The third-order valence-corrected chi connectivity index (χ3v) is 4.67. The number of amides is 2. The van der Waals surface area contributed by atoms with Crippen molar-refractivity contribution in [3.63, 3.8) is 0 Å². The second-order valence-electron chi connectivity index (χ2n) is 6.46. The second-order valence-corrected chi connectivity index (χ2v) is 6.46. The lowest BCUT2D eigenvalue weighted by Gasteiger charge is -2.17. The van der Waals surface area contributed by atoms with Gasteiger partial charge in [0, 0.05) is 32.8 Å². The SMILES string of the molecule is CNc1ncccc1C(=O)NC1CC(=O)N(CCc2ccc(OC)cc2)C1. The van der Waals surface area contributed by atoms with Crippen LogP contribution in [0.15, 0.2) is 42.6 Å². The molecule has 1 fully saturated rings. The molecule has 1 atom stereocenters. The van der Waals surface area contributed by atoms with E-state index in [9.17, 15) is 9.59 Å². The molecule has 0 radical (unpaired) electrons. The molecule has 1 aliphatic rings. The van der Waals surface area contributed by atoms with Gasteiger partial charge in [-0.25, -0.2) is 4.98 Å². The molecule has 0 spiro atoms. The van der Waals surface area contributed by atoms with E-state index in [4.69, 9.17) is 4.74 Å². The Kier molecular flexibility index (Phi) is 5.90. The smallest absolute Gasteiger partial charge is 0.255 e. The number of likely N-dealkylation sites (tertiary alicyclic amines) is 1. The topological polar surface area (TPSA) is 83.6 Å². The summed E-state index contributed by atoms with van der Waals surface area (Å²) in [6, 6.07) is 11.1. The molecule has 27 heavy (non-hydrogen) atoms. The van der Waals surface area contributed by atoms with Crippen LogP contribution in [0.1, 0.15) is 22.3 Å². The van der Waals surface area contributed by atoms with Crippen LogP contribution in [-0.2, 0) is 11.2 Å². The second kappa shape index (κ2) is 8.53. The van der Waals surface area contributed by atoms with E-state index in [1.54, 1.807) is 37.4 Å². The highest BCUT2D eigenvalue weighted by Crippen LogP contribution is 2.16. The average Bonchev–Trinajstić information content (AvgIpc) is 3.05. The minimum Gasteiger partial charge on any atom is -0.497 e. The molecule has 3 rings (SSSR count). The van der Waals surface area contributed by atoms with Gasteiger partial charge >= 0.3 is 0 Å². The Morgan fingerprint density at radius 1 is 1.30 bits per heavy atom. The quantitative estimate of drug-likeness (QED) is 0.777. The number of hydrogen-bond donors (Lipinski definition) is 2. The molecule has 1 aromatic heterocycles. The Morgan fingerprint density at radius 3 is 2.78 bits per heavy atom. The lowest BCUT2D eigenvalue weighted by atomic mass is 10.1. The van der Waals surface area contributed by atoms with Gasteiger partial charge in [-0.3, -0.25) is 9.59 Å². The van der Waals surface area contributed by atoms with Gasteiger partial charge in [0.2, 0.25) is 5.91 Å². The maximum atomic E-state index is 12.5. The molecule has 2 aromatic rings. The van der Waals surface area contributed by atoms with Crippen LogP contribution in [0.2, 0.25) is 0 Å². The maximum Gasteiger partial charge on any atom is 0.255 e. The van der Waals surface area contributed by atoms with Gasteiger partial charge < -0.3 is 20.3 Å². The zero-order valence-electron chi connectivity index (χ0n) is 15.6. The van der Waals surface area contributed by atoms with Gasteiger partial charge in [-0.15, -0.1) is 0 Å². The molecule has 0 aliphatic carbocycles. The Morgan fingerprint density at radius 2 is 2.07 bits per heavy atom. The first-order valence-corrected chi connectivity index (χ1v) is 8.95. The average molecular weight is 368 g/mol. The molecular weight excluding hydrogens is 344 g/mol. The van der Waals surface area contributed by atoms with E-state index in [1.165, 1.54) is 0 Å². The first-order chi connectivity index (χ1) is 13.1. The van der Waals surface area contributed by atoms with Crippen LogP contribution < -0.4 is 15.4 Å². The fourth-order valence-electron chi connectivity index (χ4n) is 3.19. The van der Waals surface area contributed by atoms with Crippen molar-refractivity contribution >= 4 is 17.6 Å². The molecule has 1 saturated heterocycles. The molecule has 1 aromatic carbocycles. The highest BCUT2D eigenvalue weighted by molar-refractivity contribution is 5.99. The standard InChI is InChI=1S/C20H24N4O3/c1-21-19-17(4-3-10-22-19)20(26)23-15-12-18(25)24(13-15)11-9-14-5-7-16(27-2)8-6-14/h3-8,10,15H,9,11-13H2,1-2H3,(H,21,22)(H,23,26). The van der Waals surface area contributed by atoms with Crippen molar-refractivity contribution < 1.29 is 14.3 Å². The van der Waals surface area contributed by atoms with E-state index in [0.717, 1.165) is 17.7 Å². The van der Waals surface area contributed by atoms with Crippen LogP contribution in [0.25, 0.3) is 0 Å². The largest absolute Gasteiger partial charge is 0.497 e. The van der Waals surface area contributed by atoms with Gasteiger partial charge in [0.05, 0.1) is 18.7 Å². The summed E-state index contributed by atoms with van der Waals surface area (Å²) < 4.78 is 5.15.